The molecule has 0 spiro atoms. The highest BCUT2D eigenvalue weighted by Gasteiger charge is 2.32. The molecule has 2 heterocycles. The van der Waals surface area contributed by atoms with Crippen molar-refractivity contribution in [1.82, 2.24) is 9.97 Å². The zero-order chi connectivity index (χ0) is 12.9. The minimum atomic E-state index is -0.589. The van der Waals surface area contributed by atoms with E-state index >= 15 is 0 Å². The summed E-state index contributed by atoms with van der Waals surface area (Å²) in [4.78, 5) is 32.1. The van der Waals surface area contributed by atoms with Gasteiger partial charge in [0.05, 0.1) is 11.3 Å². The minimum absolute atomic E-state index is 0.154. The summed E-state index contributed by atoms with van der Waals surface area (Å²) in [6.07, 6.45) is 1.49. The maximum absolute atomic E-state index is 11.9. The molecule has 0 N–H and O–H groups in total. The van der Waals surface area contributed by atoms with E-state index in [1.54, 1.807) is 18.2 Å². The fraction of sp³-hybridized carbons (Fsp3) is 0. The average Bonchev–Trinajstić information content (AvgIpc) is 2.36. The number of hydrogen-bond acceptors (Lipinski definition) is 4. The van der Waals surface area contributed by atoms with Crippen LogP contribution in [-0.2, 0) is 0 Å². The molecule has 0 aliphatic heterocycles. The van der Waals surface area contributed by atoms with Crippen LogP contribution < -0.4 is 0 Å². The zero-order valence-electron chi connectivity index (χ0n) is 8.78. The Morgan fingerprint density at radius 3 is 2.50 bits per heavy atom. The summed E-state index contributed by atoms with van der Waals surface area (Å²) >= 11 is 6.55. The molecule has 0 radical (unpaired) electrons. The van der Waals surface area contributed by atoms with Gasteiger partial charge in [0.15, 0.2) is 0 Å². The molecule has 3 rings (SSSR count). The third kappa shape index (κ3) is 1.64. The van der Waals surface area contributed by atoms with Crippen LogP contribution in [0.5, 0.6) is 0 Å². The van der Waals surface area contributed by atoms with Crippen LogP contribution in [0.3, 0.4) is 0 Å². The SMILES string of the molecule is O=C1C(=O)c2ncc(Br)cc2-c2nc(Br)ccc21. The van der Waals surface area contributed by atoms with Crippen molar-refractivity contribution >= 4 is 43.4 Å². The highest BCUT2D eigenvalue weighted by atomic mass is 79.9. The molecule has 18 heavy (non-hydrogen) atoms. The molecule has 6 heteroatoms. The third-order valence-corrected chi connectivity index (χ3v) is 3.51. The number of pyridine rings is 2. The maximum atomic E-state index is 11.9. The van der Waals surface area contributed by atoms with E-state index in [4.69, 9.17) is 0 Å². The first-order valence-electron chi connectivity index (χ1n) is 4.99. The number of aromatic nitrogens is 2. The van der Waals surface area contributed by atoms with Crippen molar-refractivity contribution < 1.29 is 9.59 Å². The summed E-state index contributed by atoms with van der Waals surface area (Å²) in [5, 5.41) is 0. The smallest absolute Gasteiger partial charge is 0.252 e. The molecule has 4 nitrogen and oxygen atoms in total. The van der Waals surface area contributed by atoms with Gasteiger partial charge in [-0.25, -0.2) is 4.98 Å². The van der Waals surface area contributed by atoms with Gasteiger partial charge in [0.25, 0.3) is 5.78 Å². The summed E-state index contributed by atoms with van der Waals surface area (Å²) in [5.41, 5.74) is 1.53. The summed E-state index contributed by atoms with van der Waals surface area (Å²) in [6, 6.07) is 4.97. The van der Waals surface area contributed by atoms with E-state index in [1.807, 2.05) is 0 Å². The van der Waals surface area contributed by atoms with E-state index in [2.05, 4.69) is 41.8 Å². The lowest BCUT2D eigenvalue weighted by Gasteiger charge is -2.16. The van der Waals surface area contributed by atoms with E-state index in [0.29, 0.717) is 21.4 Å². The van der Waals surface area contributed by atoms with Gasteiger partial charge in [0.1, 0.15) is 10.3 Å². The minimum Gasteiger partial charge on any atom is -0.285 e. The largest absolute Gasteiger partial charge is 0.285 e. The Balaban J connectivity index is 2.40. The Morgan fingerprint density at radius 2 is 1.72 bits per heavy atom. The molecule has 0 bridgehead atoms. The molecule has 0 fully saturated rings. The number of ketones is 2. The summed E-state index contributed by atoms with van der Waals surface area (Å²) in [6.45, 7) is 0. The fourth-order valence-corrected chi connectivity index (χ4v) is 2.50. The molecular weight excluding hydrogens is 364 g/mol. The van der Waals surface area contributed by atoms with E-state index in [-0.39, 0.29) is 5.69 Å². The molecule has 0 saturated heterocycles. The van der Waals surface area contributed by atoms with Gasteiger partial charge in [0, 0.05) is 16.2 Å². The number of carbonyl (C=O) groups excluding carboxylic acids is 2. The van der Waals surface area contributed by atoms with Gasteiger partial charge >= 0.3 is 0 Å². The lowest BCUT2D eigenvalue weighted by molar-refractivity contribution is 0.0812. The molecular formula is C12H4Br2N2O2. The molecule has 0 saturated carbocycles. The van der Waals surface area contributed by atoms with Crippen molar-refractivity contribution in [1.29, 1.82) is 0 Å². The molecule has 88 valence electrons. The second-order valence-corrected chi connectivity index (χ2v) is 5.47. The van der Waals surface area contributed by atoms with Crippen LogP contribution in [0.2, 0.25) is 0 Å². The fourth-order valence-electron chi connectivity index (χ4n) is 1.85. The lowest BCUT2D eigenvalue weighted by Crippen LogP contribution is -2.23. The molecule has 2 aromatic heterocycles. The first-order chi connectivity index (χ1) is 8.58. The summed E-state index contributed by atoms with van der Waals surface area (Å²) in [7, 11) is 0. The quantitative estimate of drug-likeness (QED) is 0.530. The van der Waals surface area contributed by atoms with Gasteiger partial charge in [0.2, 0.25) is 5.78 Å². The summed E-state index contributed by atoms with van der Waals surface area (Å²) in [5.74, 6) is -1.15. The van der Waals surface area contributed by atoms with Crippen molar-refractivity contribution in [3.63, 3.8) is 0 Å². The average molecular weight is 368 g/mol. The molecule has 0 atom stereocenters. The highest BCUT2D eigenvalue weighted by molar-refractivity contribution is 9.10. The number of hydrogen-bond donors (Lipinski definition) is 0. The van der Waals surface area contributed by atoms with Crippen molar-refractivity contribution in [2.45, 2.75) is 0 Å². The molecule has 0 amide bonds. The van der Waals surface area contributed by atoms with Crippen LogP contribution in [0.4, 0.5) is 0 Å². The number of halogens is 2. The predicted octanol–water partition coefficient (Wildman–Crippen LogP) is 3.05. The topological polar surface area (TPSA) is 59.9 Å². The van der Waals surface area contributed by atoms with Crippen LogP contribution >= 0.6 is 31.9 Å². The first kappa shape index (κ1) is 11.7. The maximum Gasteiger partial charge on any atom is 0.252 e. The Kier molecular flexibility index (Phi) is 2.64. The highest BCUT2D eigenvalue weighted by Crippen LogP contribution is 2.33. The van der Waals surface area contributed by atoms with E-state index < -0.39 is 11.6 Å². The third-order valence-electron chi connectivity index (χ3n) is 2.64. The molecule has 1 aliphatic carbocycles. The molecule has 0 unspecified atom stereocenters. The van der Waals surface area contributed by atoms with E-state index in [1.165, 1.54) is 6.20 Å². The normalized spacial score (nSPS) is 13.2. The molecule has 0 aromatic carbocycles. The van der Waals surface area contributed by atoms with Gasteiger partial charge in [-0.15, -0.1) is 0 Å². The number of Topliss-reactive ketones (excluding diaryl/α,β-unsaturated/α-hetero) is 2. The van der Waals surface area contributed by atoms with Gasteiger partial charge in [-0.3, -0.25) is 14.6 Å². The molecule has 2 aromatic rings. The first-order valence-corrected chi connectivity index (χ1v) is 6.58. The zero-order valence-corrected chi connectivity index (χ0v) is 11.9. The van der Waals surface area contributed by atoms with E-state index in [9.17, 15) is 9.59 Å². The van der Waals surface area contributed by atoms with Crippen LogP contribution in [0.15, 0.2) is 33.5 Å². The van der Waals surface area contributed by atoms with Crippen LogP contribution in [0, 0.1) is 0 Å². The Hall–Kier alpha value is -1.40. The van der Waals surface area contributed by atoms with Gasteiger partial charge in [-0.2, -0.15) is 0 Å². The standard InChI is InChI=1S/C12H4Br2N2O2/c13-5-3-7-9-6(1-2-8(14)16-9)11(17)12(18)10(7)15-4-5/h1-4H. The lowest BCUT2D eigenvalue weighted by atomic mass is 9.91. The predicted molar refractivity (Wildman–Crippen MR) is 71.5 cm³/mol. The Bertz CT molecular complexity index is 652. The number of rotatable bonds is 0. The van der Waals surface area contributed by atoms with Gasteiger partial charge in [-0.05, 0) is 50.1 Å². The second kappa shape index (κ2) is 4.07. The molecule has 1 aliphatic rings. The second-order valence-electron chi connectivity index (χ2n) is 3.74. The van der Waals surface area contributed by atoms with Crippen molar-refractivity contribution in [3.05, 3.63) is 44.7 Å². The van der Waals surface area contributed by atoms with Crippen LogP contribution in [-0.4, -0.2) is 21.5 Å². The van der Waals surface area contributed by atoms with Gasteiger partial charge < -0.3 is 0 Å². The monoisotopic (exact) mass is 366 g/mol. The van der Waals surface area contributed by atoms with Crippen LogP contribution in [0.1, 0.15) is 20.8 Å². The number of carbonyl (C=O) groups is 2. The van der Waals surface area contributed by atoms with Crippen LogP contribution in [0.25, 0.3) is 11.3 Å². The number of nitrogens with zero attached hydrogens (tertiary/aromatic N) is 2. The van der Waals surface area contributed by atoms with Crippen molar-refractivity contribution in [2.75, 3.05) is 0 Å². The Morgan fingerprint density at radius 1 is 0.944 bits per heavy atom. The summed E-state index contributed by atoms with van der Waals surface area (Å²) < 4.78 is 1.34. The van der Waals surface area contributed by atoms with E-state index in [0.717, 1.165) is 4.47 Å². The van der Waals surface area contributed by atoms with Crippen molar-refractivity contribution in [2.24, 2.45) is 0 Å². The number of fused-ring (bicyclic) bond motifs is 3. The Labute approximate surface area is 119 Å². The van der Waals surface area contributed by atoms with Crippen molar-refractivity contribution in [3.8, 4) is 11.3 Å². The van der Waals surface area contributed by atoms with Gasteiger partial charge in [-0.1, -0.05) is 0 Å².